The highest BCUT2D eigenvalue weighted by Gasteiger charge is 2.07. The highest BCUT2D eigenvalue weighted by atomic mass is 35.5. The fourth-order valence-corrected chi connectivity index (χ4v) is 7.12. The second-order valence-corrected chi connectivity index (χ2v) is 13.1. The molecule has 0 saturated heterocycles. The van der Waals surface area contributed by atoms with E-state index in [1.165, 1.54) is 81.8 Å². The van der Waals surface area contributed by atoms with E-state index in [4.69, 9.17) is 28.2 Å². The average Bonchev–Trinajstić information content (AvgIpc) is 3.35. The summed E-state index contributed by atoms with van der Waals surface area (Å²) in [7, 11) is 0. The molecule has 4 aromatic rings. The van der Waals surface area contributed by atoms with Gasteiger partial charge in [0, 0.05) is 17.5 Å². The van der Waals surface area contributed by atoms with Crippen molar-refractivity contribution in [3.8, 4) is 0 Å². The summed E-state index contributed by atoms with van der Waals surface area (Å²) in [5.41, 5.74) is 5.39. The summed E-state index contributed by atoms with van der Waals surface area (Å²) in [4.78, 5) is 9.40. The first kappa shape index (κ1) is 30.1. The SMILES string of the molecule is CCCCCCCCCCCCc1ccc(CSc2nc3ccc(N=Cc4c(Cl)cccc4Cl)cc3s2)cc1. The van der Waals surface area contributed by atoms with Crippen LogP contribution in [0.25, 0.3) is 10.2 Å². The van der Waals surface area contributed by atoms with Crippen LogP contribution in [0.15, 0.2) is 70.0 Å². The Hall–Kier alpha value is -1.85. The predicted molar refractivity (Wildman–Crippen MR) is 175 cm³/mol. The third-order valence-electron chi connectivity index (χ3n) is 6.90. The van der Waals surface area contributed by atoms with Crippen LogP contribution in [0, 0.1) is 0 Å². The van der Waals surface area contributed by atoms with Crippen LogP contribution in [0.4, 0.5) is 5.69 Å². The molecule has 0 unspecified atom stereocenters. The minimum absolute atomic E-state index is 0.593. The second kappa shape index (κ2) is 16.4. The van der Waals surface area contributed by atoms with Crippen LogP contribution in [-0.4, -0.2) is 11.2 Å². The van der Waals surface area contributed by atoms with Crippen LogP contribution in [-0.2, 0) is 12.2 Å². The molecule has 0 radical (unpaired) electrons. The van der Waals surface area contributed by atoms with Gasteiger partial charge in [-0.25, -0.2) is 4.98 Å². The lowest BCUT2D eigenvalue weighted by Gasteiger charge is -2.05. The smallest absolute Gasteiger partial charge is 0.151 e. The predicted octanol–water partition coefficient (Wildman–Crippen LogP) is 12.1. The van der Waals surface area contributed by atoms with Crippen molar-refractivity contribution < 1.29 is 0 Å². The average molecular weight is 598 g/mol. The number of unbranched alkanes of at least 4 members (excludes halogenated alkanes) is 9. The molecule has 4 rings (SSSR count). The zero-order valence-corrected chi connectivity index (χ0v) is 25.9. The molecule has 206 valence electrons. The molecule has 6 heteroatoms. The maximum absolute atomic E-state index is 6.26. The molecule has 0 N–H and O–H groups in total. The molecule has 0 aliphatic carbocycles. The normalized spacial score (nSPS) is 11.7. The number of nitrogens with zero attached hydrogens (tertiary/aromatic N) is 2. The molecule has 39 heavy (non-hydrogen) atoms. The summed E-state index contributed by atoms with van der Waals surface area (Å²) in [6.45, 7) is 2.28. The summed E-state index contributed by atoms with van der Waals surface area (Å²) in [6.07, 6.45) is 16.8. The van der Waals surface area contributed by atoms with Crippen molar-refractivity contribution in [2.24, 2.45) is 4.99 Å². The Bertz CT molecular complexity index is 1310. The standard InChI is InChI=1S/C33H38Cl2N2S2/c1-2-3-4-5-6-7-8-9-10-11-13-25-16-18-26(19-17-25)24-38-33-37-31-21-20-27(22-32(31)39-33)36-23-28-29(34)14-12-15-30(28)35/h12,14-23H,2-11,13,24H2,1H3. The Labute approximate surface area is 252 Å². The van der Waals surface area contributed by atoms with Gasteiger partial charge in [0.15, 0.2) is 4.34 Å². The molecule has 1 heterocycles. The number of thioether (sulfide) groups is 1. The van der Waals surface area contributed by atoms with Crippen molar-refractivity contribution in [3.63, 3.8) is 0 Å². The van der Waals surface area contributed by atoms with E-state index in [9.17, 15) is 0 Å². The Morgan fingerprint density at radius 3 is 2.13 bits per heavy atom. The van der Waals surface area contributed by atoms with Gasteiger partial charge in [0.25, 0.3) is 0 Å². The zero-order chi connectivity index (χ0) is 27.3. The summed E-state index contributed by atoms with van der Waals surface area (Å²) < 4.78 is 2.21. The number of aryl methyl sites for hydroxylation is 1. The monoisotopic (exact) mass is 596 g/mol. The van der Waals surface area contributed by atoms with Crippen LogP contribution in [0.1, 0.15) is 87.8 Å². The van der Waals surface area contributed by atoms with Gasteiger partial charge in [-0.3, -0.25) is 4.99 Å². The van der Waals surface area contributed by atoms with Crippen molar-refractivity contribution >= 4 is 68.4 Å². The van der Waals surface area contributed by atoms with Gasteiger partial charge < -0.3 is 0 Å². The Kier molecular flexibility index (Phi) is 12.7. The summed E-state index contributed by atoms with van der Waals surface area (Å²) in [5, 5.41) is 1.19. The highest BCUT2D eigenvalue weighted by molar-refractivity contribution is 8.00. The first-order valence-corrected chi connectivity index (χ1v) is 16.8. The third kappa shape index (κ3) is 9.93. The van der Waals surface area contributed by atoms with Gasteiger partial charge in [0.2, 0.25) is 0 Å². The number of hydrogen-bond donors (Lipinski definition) is 0. The van der Waals surface area contributed by atoms with E-state index in [2.05, 4.69) is 42.2 Å². The van der Waals surface area contributed by atoms with Gasteiger partial charge in [-0.2, -0.15) is 0 Å². The van der Waals surface area contributed by atoms with E-state index in [0.29, 0.717) is 10.0 Å². The van der Waals surface area contributed by atoms with Crippen molar-refractivity contribution in [1.29, 1.82) is 0 Å². The zero-order valence-electron chi connectivity index (χ0n) is 22.8. The van der Waals surface area contributed by atoms with Gasteiger partial charge in [-0.05, 0) is 54.3 Å². The molecule has 0 aliphatic heterocycles. The maximum Gasteiger partial charge on any atom is 0.151 e. The quantitative estimate of drug-likeness (QED) is 0.0729. The fourth-order valence-electron chi connectivity index (χ4n) is 4.57. The van der Waals surface area contributed by atoms with Crippen LogP contribution in [0.2, 0.25) is 10.0 Å². The van der Waals surface area contributed by atoms with Crippen LogP contribution < -0.4 is 0 Å². The Morgan fingerprint density at radius 2 is 1.44 bits per heavy atom. The molecule has 0 fully saturated rings. The summed E-state index contributed by atoms with van der Waals surface area (Å²) in [5.74, 6) is 0.925. The molecule has 0 saturated carbocycles. The first-order valence-electron chi connectivity index (χ1n) is 14.2. The van der Waals surface area contributed by atoms with Crippen molar-refractivity contribution in [3.05, 3.63) is 87.4 Å². The third-order valence-corrected chi connectivity index (χ3v) is 9.79. The number of rotatable bonds is 16. The molecule has 0 spiro atoms. The largest absolute Gasteiger partial charge is 0.256 e. The van der Waals surface area contributed by atoms with E-state index in [1.807, 2.05) is 30.3 Å². The van der Waals surface area contributed by atoms with E-state index >= 15 is 0 Å². The molecular weight excluding hydrogens is 559 g/mol. The lowest BCUT2D eigenvalue weighted by atomic mass is 10.0. The lowest BCUT2D eigenvalue weighted by molar-refractivity contribution is 0.556. The summed E-state index contributed by atoms with van der Waals surface area (Å²) >= 11 is 16.0. The molecule has 1 aromatic heterocycles. The minimum atomic E-state index is 0.593. The number of thiazole rings is 1. The van der Waals surface area contributed by atoms with E-state index in [-0.39, 0.29) is 0 Å². The van der Waals surface area contributed by atoms with Crippen LogP contribution in [0.5, 0.6) is 0 Å². The number of halogens is 2. The molecule has 0 atom stereocenters. The number of fused-ring (bicyclic) bond motifs is 1. The molecule has 0 aliphatic rings. The second-order valence-electron chi connectivity index (χ2n) is 10.1. The van der Waals surface area contributed by atoms with Gasteiger partial charge in [0.1, 0.15) is 0 Å². The summed E-state index contributed by atoms with van der Waals surface area (Å²) in [6, 6.07) is 20.7. The van der Waals surface area contributed by atoms with Crippen LogP contribution in [0.3, 0.4) is 0 Å². The molecule has 2 nitrogen and oxygen atoms in total. The van der Waals surface area contributed by atoms with Gasteiger partial charge in [-0.15, -0.1) is 11.3 Å². The number of benzene rings is 3. The van der Waals surface area contributed by atoms with Gasteiger partial charge in [-0.1, -0.05) is 130 Å². The Balaban J connectivity index is 1.20. The lowest BCUT2D eigenvalue weighted by Crippen LogP contribution is -1.88. The Morgan fingerprint density at radius 1 is 0.795 bits per heavy atom. The van der Waals surface area contributed by atoms with E-state index < -0.39 is 0 Å². The number of aliphatic imine (C=N–C) groups is 1. The minimum Gasteiger partial charge on any atom is -0.256 e. The molecule has 0 amide bonds. The molecule has 3 aromatic carbocycles. The van der Waals surface area contributed by atoms with Crippen LogP contribution >= 0.6 is 46.3 Å². The van der Waals surface area contributed by atoms with Gasteiger partial charge in [0.05, 0.1) is 25.9 Å². The van der Waals surface area contributed by atoms with Crippen molar-refractivity contribution in [1.82, 2.24) is 4.98 Å². The van der Waals surface area contributed by atoms with Gasteiger partial charge >= 0.3 is 0 Å². The maximum atomic E-state index is 6.26. The topological polar surface area (TPSA) is 25.2 Å². The van der Waals surface area contributed by atoms with Crippen molar-refractivity contribution in [2.45, 2.75) is 87.6 Å². The number of hydrogen-bond acceptors (Lipinski definition) is 4. The molecule has 0 bridgehead atoms. The van der Waals surface area contributed by atoms with Crippen molar-refractivity contribution in [2.75, 3.05) is 0 Å². The molecular formula is C33H38Cl2N2S2. The van der Waals surface area contributed by atoms with E-state index in [0.717, 1.165) is 31.6 Å². The first-order chi connectivity index (χ1) is 19.1. The van der Waals surface area contributed by atoms with E-state index in [1.54, 1.807) is 29.3 Å². The fraction of sp³-hybridized carbons (Fsp3) is 0.394. The number of aromatic nitrogens is 1. The highest BCUT2D eigenvalue weighted by Crippen LogP contribution is 2.34.